The van der Waals surface area contributed by atoms with Crippen molar-refractivity contribution < 1.29 is 4.79 Å². The van der Waals surface area contributed by atoms with Crippen LogP contribution in [0.1, 0.15) is 32.6 Å². The predicted molar refractivity (Wildman–Crippen MR) is 106 cm³/mol. The summed E-state index contributed by atoms with van der Waals surface area (Å²) in [6, 6.07) is 7.43. The number of para-hydroxylation sites is 1. The molecule has 27 heavy (non-hydrogen) atoms. The number of thioether (sulfide) groups is 1. The summed E-state index contributed by atoms with van der Waals surface area (Å²) in [6.45, 7) is 3.59. The molecule has 0 aliphatic carbocycles. The molecule has 3 heterocycles. The third-order valence-electron chi connectivity index (χ3n) is 5.14. The quantitative estimate of drug-likeness (QED) is 0.648. The number of hydrogen-bond acceptors (Lipinski definition) is 5. The maximum absolute atomic E-state index is 12.9. The van der Waals surface area contributed by atoms with Crippen molar-refractivity contribution in [2.24, 2.45) is 7.05 Å². The number of nitrogens with zero attached hydrogens (tertiary/aromatic N) is 5. The first-order valence-corrected chi connectivity index (χ1v) is 10.2. The first-order chi connectivity index (χ1) is 13.1. The van der Waals surface area contributed by atoms with Crippen molar-refractivity contribution in [1.29, 1.82) is 0 Å². The molecule has 7 nitrogen and oxygen atoms in total. The Balaban J connectivity index is 1.70. The number of hydrogen-bond donors (Lipinski definition) is 0. The molecular formula is C19H23N5O2S. The molecule has 1 aromatic carbocycles. The van der Waals surface area contributed by atoms with Crippen molar-refractivity contribution in [3.63, 3.8) is 0 Å². The van der Waals surface area contributed by atoms with Crippen molar-refractivity contribution in [2.45, 2.75) is 43.0 Å². The van der Waals surface area contributed by atoms with Crippen LogP contribution in [-0.2, 0) is 11.8 Å². The van der Waals surface area contributed by atoms with Gasteiger partial charge in [-0.1, -0.05) is 36.7 Å². The molecule has 1 fully saturated rings. The maximum atomic E-state index is 12.9. The van der Waals surface area contributed by atoms with Gasteiger partial charge < -0.3 is 4.90 Å². The van der Waals surface area contributed by atoms with Gasteiger partial charge in [-0.15, -0.1) is 10.2 Å². The number of carbonyl (C=O) groups excluding carboxylic acids is 1. The van der Waals surface area contributed by atoms with Crippen LogP contribution >= 0.6 is 11.8 Å². The molecule has 4 rings (SSSR count). The van der Waals surface area contributed by atoms with Gasteiger partial charge in [-0.25, -0.2) is 0 Å². The highest BCUT2D eigenvalue weighted by Gasteiger charge is 2.25. The van der Waals surface area contributed by atoms with E-state index in [1.54, 1.807) is 13.1 Å². The van der Waals surface area contributed by atoms with Gasteiger partial charge in [-0.3, -0.25) is 18.6 Å². The Bertz CT molecular complexity index is 1050. The van der Waals surface area contributed by atoms with Crippen LogP contribution in [0.5, 0.6) is 0 Å². The average molecular weight is 385 g/mol. The van der Waals surface area contributed by atoms with E-state index in [0.717, 1.165) is 31.4 Å². The van der Waals surface area contributed by atoms with E-state index in [2.05, 4.69) is 10.2 Å². The first-order valence-electron chi connectivity index (χ1n) is 9.36. The Morgan fingerprint density at radius 3 is 2.56 bits per heavy atom. The minimum absolute atomic E-state index is 0.101. The minimum atomic E-state index is -0.258. The largest absolute Gasteiger partial charge is 0.342 e. The molecule has 2 aromatic heterocycles. The van der Waals surface area contributed by atoms with Gasteiger partial charge in [0.25, 0.3) is 5.56 Å². The lowest BCUT2D eigenvalue weighted by molar-refractivity contribution is -0.130. The highest BCUT2D eigenvalue weighted by Crippen LogP contribution is 2.26. The van der Waals surface area contributed by atoms with Crippen molar-refractivity contribution in [3.05, 3.63) is 34.6 Å². The average Bonchev–Trinajstić information content (AvgIpc) is 2.91. The molecule has 8 heteroatoms. The SMILES string of the molecule is CC(Sc1nnc2n(C)c(=O)c3ccccc3n12)C(=O)N1CCCCCC1. The van der Waals surface area contributed by atoms with E-state index in [0.29, 0.717) is 16.3 Å². The minimum Gasteiger partial charge on any atom is -0.342 e. The van der Waals surface area contributed by atoms with Crippen molar-refractivity contribution in [1.82, 2.24) is 24.1 Å². The Kier molecular flexibility index (Phi) is 4.90. The number of rotatable bonds is 3. The Hall–Kier alpha value is -2.35. The molecule has 3 aromatic rings. The Labute approximate surface area is 161 Å². The third kappa shape index (κ3) is 3.22. The number of aromatic nitrogens is 4. The fraction of sp³-hybridized carbons (Fsp3) is 0.474. The Morgan fingerprint density at radius 1 is 1.11 bits per heavy atom. The molecule has 1 amide bonds. The topological polar surface area (TPSA) is 72.5 Å². The van der Waals surface area contributed by atoms with Gasteiger partial charge in [0, 0.05) is 20.1 Å². The summed E-state index contributed by atoms with van der Waals surface area (Å²) in [7, 11) is 1.69. The van der Waals surface area contributed by atoms with Crippen molar-refractivity contribution in [2.75, 3.05) is 13.1 Å². The lowest BCUT2D eigenvalue weighted by Crippen LogP contribution is -2.37. The fourth-order valence-corrected chi connectivity index (χ4v) is 4.58. The molecule has 142 valence electrons. The molecule has 0 bridgehead atoms. The second-order valence-electron chi connectivity index (χ2n) is 7.00. The number of benzene rings is 1. The molecule has 0 radical (unpaired) electrons. The molecule has 1 unspecified atom stereocenters. The highest BCUT2D eigenvalue weighted by molar-refractivity contribution is 8.00. The maximum Gasteiger partial charge on any atom is 0.262 e. The van der Waals surface area contributed by atoms with Gasteiger partial charge in [-0.2, -0.15) is 0 Å². The van der Waals surface area contributed by atoms with Crippen LogP contribution in [0.25, 0.3) is 16.7 Å². The molecule has 1 aliphatic rings. The number of fused-ring (bicyclic) bond motifs is 3. The van der Waals surface area contributed by atoms with Gasteiger partial charge in [0.2, 0.25) is 11.7 Å². The number of likely N-dealkylation sites (tertiary alicyclic amines) is 1. The van der Waals surface area contributed by atoms with Crippen LogP contribution in [0.2, 0.25) is 0 Å². The second-order valence-corrected chi connectivity index (χ2v) is 8.31. The lowest BCUT2D eigenvalue weighted by atomic mass is 10.2. The van der Waals surface area contributed by atoms with Gasteiger partial charge in [0.1, 0.15) is 0 Å². The smallest absolute Gasteiger partial charge is 0.262 e. The zero-order valence-corrected chi connectivity index (χ0v) is 16.4. The monoisotopic (exact) mass is 385 g/mol. The van der Waals surface area contributed by atoms with Gasteiger partial charge >= 0.3 is 0 Å². The highest BCUT2D eigenvalue weighted by atomic mass is 32.2. The summed E-state index contributed by atoms with van der Waals surface area (Å²) in [5.74, 6) is 0.628. The zero-order chi connectivity index (χ0) is 19.0. The number of carbonyl (C=O) groups is 1. The molecule has 1 aliphatic heterocycles. The van der Waals surface area contributed by atoms with Crippen LogP contribution in [0.3, 0.4) is 0 Å². The number of amides is 1. The van der Waals surface area contributed by atoms with Crippen LogP contribution in [0, 0.1) is 0 Å². The van der Waals surface area contributed by atoms with Gasteiger partial charge in [-0.05, 0) is 31.9 Å². The van der Waals surface area contributed by atoms with E-state index in [1.165, 1.54) is 29.2 Å². The summed E-state index contributed by atoms with van der Waals surface area (Å²) in [5, 5.41) is 9.46. The van der Waals surface area contributed by atoms with Crippen molar-refractivity contribution in [3.8, 4) is 0 Å². The van der Waals surface area contributed by atoms with E-state index < -0.39 is 0 Å². The zero-order valence-electron chi connectivity index (χ0n) is 15.6. The first kappa shape index (κ1) is 18.0. The molecular weight excluding hydrogens is 362 g/mol. The summed E-state index contributed by atoms with van der Waals surface area (Å²) in [6.07, 6.45) is 4.54. The third-order valence-corrected chi connectivity index (χ3v) is 6.17. The van der Waals surface area contributed by atoms with Crippen molar-refractivity contribution >= 4 is 34.3 Å². The van der Waals surface area contributed by atoms with E-state index in [9.17, 15) is 9.59 Å². The summed E-state index contributed by atoms with van der Waals surface area (Å²) in [4.78, 5) is 27.4. The van der Waals surface area contributed by atoms with Crippen LogP contribution in [0.15, 0.2) is 34.2 Å². The molecule has 1 saturated heterocycles. The standard InChI is InChI=1S/C19H23N5O2S/c1-13(16(25)23-11-7-3-4-8-12-23)27-19-21-20-18-22(2)17(26)14-9-5-6-10-15(14)24(18)19/h5-6,9-10,13H,3-4,7-8,11-12H2,1-2H3. The van der Waals surface area contributed by atoms with Crippen LogP contribution in [-0.4, -0.2) is 48.3 Å². The molecule has 0 spiro atoms. The van der Waals surface area contributed by atoms with E-state index in [-0.39, 0.29) is 16.7 Å². The molecule has 0 N–H and O–H groups in total. The summed E-state index contributed by atoms with van der Waals surface area (Å²) >= 11 is 1.40. The van der Waals surface area contributed by atoms with E-state index in [1.807, 2.05) is 34.4 Å². The van der Waals surface area contributed by atoms with Crippen LogP contribution < -0.4 is 5.56 Å². The van der Waals surface area contributed by atoms with E-state index in [4.69, 9.17) is 0 Å². The van der Waals surface area contributed by atoms with Crippen LogP contribution in [0.4, 0.5) is 0 Å². The molecule has 1 atom stereocenters. The lowest BCUT2D eigenvalue weighted by Gasteiger charge is -2.23. The van der Waals surface area contributed by atoms with Gasteiger partial charge in [0.05, 0.1) is 16.2 Å². The summed E-state index contributed by atoms with van der Waals surface area (Å²) < 4.78 is 3.37. The second kappa shape index (κ2) is 7.34. The summed E-state index contributed by atoms with van der Waals surface area (Å²) in [5.41, 5.74) is 0.660. The Morgan fingerprint density at radius 2 is 1.81 bits per heavy atom. The van der Waals surface area contributed by atoms with E-state index >= 15 is 0 Å². The fourth-order valence-electron chi connectivity index (χ4n) is 3.64. The normalized spacial score (nSPS) is 16.6. The molecule has 0 saturated carbocycles. The van der Waals surface area contributed by atoms with Gasteiger partial charge in [0.15, 0.2) is 5.16 Å². The predicted octanol–water partition coefficient (Wildman–Crippen LogP) is 2.46. The number of aryl methyl sites for hydroxylation is 1.